The molecule has 25 heavy (non-hydrogen) atoms. The lowest BCUT2D eigenvalue weighted by Crippen LogP contribution is -2.08. The number of hydrogen-bond donors (Lipinski definition) is 1. The first-order chi connectivity index (χ1) is 11.8. The number of nitrogens with zero attached hydrogens (tertiary/aromatic N) is 1. The van der Waals surface area contributed by atoms with Gasteiger partial charge in [-0.2, -0.15) is 0 Å². The average Bonchev–Trinajstić information content (AvgIpc) is 3.01. The summed E-state index contributed by atoms with van der Waals surface area (Å²) in [6.45, 7) is 0.647. The van der Waals surface area contributed by atoms with Crippen LogP contribution in [-0.2, 0) is 16.3 Å². The predicted molar refractivity (Wildman–Crippen MR) is 91.0 cm³/mol. The van der Waals surface area contributed by atoms with Crippen LogP contribution in [0.5, 0.6) is 11.5 Å². The van der Waals surface area contributed by atoms with E-state index >= 15 is 0 Å². The highest BCUT2D eigenvalue weighted by Crippen LogP contribution is 2.33. The van der Waals surface area contributed by atoms with Crippen LogP contribution in [0.1, 0.15) is 5.56 Å². The summed E-state index contributed by atoms with van der Waals surface area (Å²) >= 11 is 0. The van der Waals surface area contributed by atoms with Gasteiger partial charge in [-0.05, 0) is 36.2 Å². The van der Waals surface area contributed by atoms with E-state index in [2.05, 4.69) is 5.32 Å². The zero-order chi connectivity index (χ0) is 18.0. The minimum Gasteiger partial charge on any atom is -0.454 e. The number of fused-ring (bicyclic) bond motifs is 1. The van der Waals surface area contributed by atoms with Gasteiger partial charge >= 0.3 is 0 Å². The summed E-state index contributed by atoms with van der Waals surface area (Å²) in [6, 6.07) is 9.42. The van der Waals surface area contributed by atoms with Crippen molar-refractivity contribution in [3.8, 4) is 11.5 Å². The van der Waals surface area contributed by atoms with Crippen molar-refractivity contribution in [3.05, 3.63) is 52.1 Å². The van der Waals surface area contributed by atoms with Crippen molar-refractivity contribution < 1.29 is 22.8 Å². The van der Waals surface area contributed by atoms with Crippen molar-refractivity contribution in [2.45, 2.75) is 11.3 Å². The lowest BCUT2D eigenvalue weighted by Gasteiger charge is -2.09. The molecule has 2 aromatic rings. The molecule has 0 bridgehead atoms. The molecule has 0 aromatic heterocycles. The van der Waals surface area contributed by atoms with Crippen molar-refractivity contribution in [1.82, 2.24) is 0 Å². The number of nitro benzene ring substituents is 1. The normalized spacial score (nSPS) is 12.8. The second kappa shape index (κ2) is 6.60. The maximum absolute atomic E-state index is 11.5. The summed E-state index contributed by atoms with van der Waals surface area (Å²) in [6.07, 6.45) is 1.63. The lowest BCUT2D eigenvalue weighted by atomic mass is 10.1. The van der Waals surface area contributed by atoms with Crippen molar-refractivity contribution in [2.24, 2.45) is 0 Å². The molecule has 0 saturated carbocycles. The summed E-state index contributed by atoms with van der Waals surface area (Å²) in [4.78, 5) is 10.5. The molecule has 1 aliphatic rings. The maximum Gasteiger partial charge on any atom is 0.293 e. The Kier molecular flexibility index (Phi) is 4.49. The number of rotatable bonds is 6. The minimum atomic E-state index is -3.50. The molecule has 0 saturated heterocycles. The van der Waals surface area contributed by atoms with Crippen molar-refractivity contribution in [1.29, 1.82) is 0 Å². The fourth-order valence-electron chi connectivity index (χ4n) is 2.48. The summed E-state index contributed by atoms with van der Waals surface area (Å²) < 4.78 is 33.6. The number of nitro groups is 1. The van der Waals surface area contributed by atoms with Gasteiger partial charge in [0.1, 0.15) is 5.69 Å². The molecule has 3 rings (SSSR count). The van der Waals surface area contributed by atoms with Gasteiger partial charge in [-0.25, -0.2) is 8.42 Å². The van der Waals surface area contributed by atoms with E-state index in [9.17, 15) is 18.5 Å². The first kappa shape index (κ1) is 17.0. The molecule has 0 atom stereocenters. The van der Waals surface area contributed by atoms with E-state index in [0.717, 1.165) is 17.9 Å². The minimum absolute atomic E-state index is 0.0829. The second-order valence-electron chi connectivity index (χ2n) is 5.57. The molecule has 0 fully saturated rings. The number of hydrogen-bond acceptors (Lipinski definition) is 7. The molecule has 0 amide bonds. The van der Waals surface area contributed by atoms with Gasteiger partial charge in [0.2, 0.25) is 6.79 Å². The Labute approximate surface area is 144 Å². The summed E-state index contributed by atoms with van der Waals surface area (Å²) in [5.41, 5.74) is 0.999. The van der Waals surface area contributed by atoms with E-state index in [1.807, 2.05) is 18.2 Å². The average molecular weight is 364 g/mol. The molecule has 1 heterocycles. The number of benzene rings is 2. The van der Waals surface area contributed by atoms with Crippen LogP contribution in [0.15, 0.2) is 41.3 Å². The highest BCUT2D eigenvalue weighted by molar-refractivity contribution is 7.90. The quantitative estimate of drug-likeness (QED) is 0.619. The van der Waals surface area contributed by atoms with E-state index in [-0.39, 0.29) is 23.1 Å². The van der Waals surface area contributed by atoms with Crippen LogP contribution in [-0.4, -0.2) is 32.9 Å². The molecule has 0 aliphatic carbocycles. The Bertz CT molecular complexity index is 926. The van der Waals surface area contributed by atoms with Crippen LogP contribution in [0.3, 0.4) is 0 Å². The Balaban J connectivity index is 1.71. The highest BCUT2D eigenvalue weighted by atomic mass is 32.2. The zero-order valence-corrected chi connectivity index (χ0v) is 14.2. The third kappa shape index (κ3) is 3.82. The molecular formula is C16H16N2O6S. The molecule has 2 aromatic carbocycles. The van der Waals surface area contributed by atoms with Gasteiger partial charge in [-0.1, -0.05) is 6.07 Å². The van der Waals surface area contributed by atoms with E-state index in [0.29, 0.717) is 24.5 Å². The lowest BCUT2D eigenvalue weighted by molar-refractivity contribution is -0.384. The van der Waals surface area contributed by atoms with Crippen LogP contribution < -0.4 is 14.8 Å². The summed E-state index contributed by atoms with van der Waals surface area (Å²) in [5.74, 6) is 1.38. The molecular weight excluding hydrogens is 348 g/mol. The third-order valence-electron chi connectivity index (χ3n) is 3.76. The molecule has 8 nitrogen and oxygen atoms in total. The van der Waals surface area contributed by atoms with Gasteiger partial charge in [0.05, 0.1) is 9.82 Å². The smallest absolute Gasteiger partial charge is 0.293 e. The van der Waals surface area contributed by atoms with E-state index < -0.39 is 14.8 Å². The molecule has 0 spiro atoms. The van der Waals surface area contributed by atoms with E-state index in [4.69, 9.17) is 9.47 Å². The predicted octanol–water partition coefficient (Wildman–Crippen LogP) is 2.38. The fourth-order valence-corrected chi connectivity index (χ4v) is 3.12. The van der Waals surface area contributed by atoms with Crippen LogP contribution in [0.2, 0.25) is 0 Å². The van der Waals surface area contributed by atoms with Crippen LogP contribution in [0.4, 0.5) is 11.4 Å². The highest BCUT2D eigenvalue weighted by Gasteiger charge is 2.18. The molecule has 132 valence electrons. The monoisotopic (exact) mass is 364 g/mol. The molecule has 9 heteroatoms. The molecule has 1 aliphatic heterocycles. The first-order valence-corrected chi connectivity index (χ1v) is 9.34. The number of anilines is 1. The van der Waals surface area contributed by atoms with Gasteiger partial charge in [0, 0.05) is 18.9 Å². The Morgan fingerprint density at radius 2 is 1.92 bits per heavy atom. The molecule has 0 unspecified atom stereocenters. The van der Waals surface area contributed by atoms with E-state index in [1.54, 1.807) is 0 Å². The van der Waals surface area contributed by atoms with Gasteiger partial charge in [0.15, 0.2) is 21.3 Å². The van der Waals surface area contributed by atoms with E-state index in [1.165, 1.54) is 12.1 Å². The number of nitrogens with one attached hydrogen (secondary N) is 1. The second-order valence-corrected chi connectivity index (χ2v) is 7.59. The fraction of sp³-hybridized carbons (Fsp3) is 0.250. The van der Waals surface area contributed by atoms with Crippen molar-refractivity contribution in [3.63, 3.8) is 0 Å². The van der Waals surface area contributed by atoms with Crippen LogP contribution in [0, 0.1) is 10.1 Å². The van der Waals surface area contributed by atoms with Gasteiger partial charge in [0.25, 0.3) is 5.69 Å². The Hall–Kier alpha value is -2.81. The SMILES string of the molecule is CS(=O)(=O)c1ccc(NCCc2ccc3c(c2)OCO3)c([N+](=O)[O-])c1. The number of sulfone groups is 1. The van der Waals surface area contributed by atoms with Crippen LogP contribution >= 0.6 is 0 Å². The maximum atomic E-state index is 11.5. The van der Waals surface area contributed by atoms with Crippen LogP contribution in [0.25, 0.3) is 0 Å². The van der Waals surface area contributed by atoms with Gasteiger partial charge in [-0.15, -0.1) is 0 Å². The third-order valence-corrected chi connectivity index (χ3v) is 4.87. The molecule has 1 N–H and O–H groups in total. The van der Waals surface area contributed by atoms with Gasteiger partial charge in [-0.3, -0.25) is 10.1 Å². The zero-order valence-electron chi connectivity index (χ0n) is 13.4. The summed E-state index contributed by atoms with van der Waals surface area (Å²) in [7, 11) is -3.50. The Morgan fingerprint density at radius 1 is 1.16 bits per heavy atom. The van der Waals surface area contributed by atoms with Gasteiger partial charge < -0.3 is 14.8 Å². The van der Waals surface area contributed by atoms with Crippen molar-refractivity contribution in [2.75, 3.05) is 24.9 Å². The Morgan fingerprint density at radius 3 is 2.64 bits per heavy atom. The largest absolute Gasteiger partial charge is 0.454 e. The standard InChI is InChI=1S/C16H16N2O6S/c1-25(21,22)12-3-4-13(14(9-12)18(19)20)17-7-6-11-2-5-15-16(8-11)24-10-23-15/h2-5,8-9,17H,6-7,10H2,1H3. The topological polar surface area (TPSA) is 108 Å². The summed E-state index contributed by atoms with van der Waals surface area (Å²) in [5, 5.41) is 14.2. The number of ether oxygens (including phenoxy) is 2. The first-order valence-electron chi connectivity index (χ1n) is 7.45. The molecule has 0 radical (unpaired) electrons. The van der Waals surface area contributed by atoms with Crippen molar-refractivity contribution >= 4 is 21.2 Å².